The molecule has 1 aromatic rings. The number of nitrogens with two attached hydrogens (primary N) is 1. The molecule has 0 aliphatic heterocycles. The molecule has 0 atom stereocenters. The van der Waals surface area contributed by atoms with E-state index in [0.29, 0.717) is 13.0 Å². The van der Waals surface area contributed by atoms with E-state index >= 15 is 0 Å². The largest absolute Gasteiger partial charge is 0.462 e. The number of carbonyl (C=O) groups excluding carboxylic acids is 1. The molecule has 0 radical (unpaired) electrons. The Morgan fingerprint density at radius 2 is 1.95 bits per heavy atom. The number of primary sulfonamides is 1. The second-order valence-corrected chi connectivity index (χ2v) is 6.14. The normalized spacial score (nSPS) is 11.4. The van der Waals surface area contributed by atoms with Gasteiger partial charge >= 0.3 is 5.97 Å². The first-order valence-corrected chi connectivity index (χ1v) is 7.75. The summed E-state index contributed by atoms with van der Waals surface area (Å²) in [5.41, 5.74) is -0.152. The van der Waals surface area contributed by atoms with E-state index in [0.717, 1.165) is 12.1 Å². The molecule has 0 bridgehead atoms. The lowest BCUT2D eigenvalue weighted by atomic mass is 10.2. The highest BCUT2D eigenvalue weighted by Crippen LogP contribution is 2.29. The zero-order chi connectivity index (χ0) is 15.3. The number of hydrogen-bond acceptors (Lipinski definition) is 5. The fourth-order valence-electron chi connectivity index (χ4n) is 1.32. The van der Waals surface area contributed by atoms with Crippen molar-refractivity contribution in [1.82, 2.24) is 0 Å². The Kier molecular flexibility index (Phi) is 6.22. The van der Waals surface area contributed by atoms with Crippen molar-refractivity contribution in [3.8, 4) is 0 Å². The van der Waals surface area contributed by atoms with E-state index in [1.54, 1.807) is 0 Å². The highest BCUT2D eigenvalue weighted by molar-refractivity contribution is 7.89. The molecule has 0 fully saturated rings. The maximum absolute atomic E-state index is 11.8. The molecule has 0 amide bonds. The van der Waals surface area contributed by atoms with Crippen molar-refractivity contribution in [2.24, 2.45) is 5.14 Å². The van der Waals surface area contributed by atoms with Gasteiger partial charge in [0, 0.05) is 20.1 Å². The average Bonchev–Trinajstić information content (AvgIpc) is 2.36. The van der Waals surface area contributed by atoms with Gasteiger partial charge in [0.25, 0.3) is 0 Å². The molecule has 0 aromatic heterocycles. The van der Waals surface area contributed by atoms with Crippen LogP contribution in [0.1, 0.15) is 16.8 Å². The smallest absolute Gasteiger partial charge is 0.339 e. The Bertz CT molecular complexity index is 603. The second-order valence-electron chi connectivity index (χ2n) is 3.79. The lowest BCUT2D eigenvalue weighted by Gasteiger charge is -2.09. The molecule has 0 spiro atoms. The van der Waals surface area contributed by atoms with E-state index in [9.17, 15) is 13.2 Å². The molecule has 112 valence electrons. The van der Waals surface area contributed by atoms with Crippen LogP contribution in [0, 0.1) is 0 Å². The van der Waals surface area contributed by atoms with Crippen LogP contribution in [0.25, 0.3) is 0 Å². The van der Waals surface area contributed by atoms with Gasteiger partial charge in [-0.25, -0.2) is 18.4 Å². The van der Waals surface area contributed by atoms with Crippen molar-refractivity contribution in [1.29, 1.82) is 0 Å². The van der Waals surface area contributed by atoms with E-state index in [1.807, 2.05) is 0 Å². The Balaban J connectivity index is 2.99. The summed E-state index contributed by atoms with van der Waals surface area (Å²) in [6.45, 7) is 0.541. The molecule has 2 N–H and O–H groups in total. The monoisotopic (exact) mass is 341 g/mol. The Morgan fingerprint density at radius 1 is 1.30 bits per heavy atom. The van der Waals surface area contributed by atoms with Crippen LogP contribution in [-0.2, 0) is 19.5 Å². The number of benzene rings is 1. The fraction of sp³-hybridized carbons (Fsp3) is 0.364. The molecule has 1 rings (SSSR count). The van der Waals surface area contributed by atoms with Crippen LogP contribution in [0.2, 0.25) is 10.0 Å². The molecule has 0 saturated carbocycles. The zero-order valence-corrected chi connectivity index (χ0v) is 12.9. The van der Waals surface area contributed by atoms with Crippen LogP contribution < -0.4 is 5.14 Å². The van der Waals surface area contributed by atoms with Crippen LogP contribution in [0.4, 0.5) is 0 Å². The molecular formula is C11H13Cl2NO5S. The van der Waals surface area contributed by atoms with Crippen molar-refractivity contribution >= 4 is 39.2 Å². The quantitative estimate of drug-likeness (QED) is 0.629. The number of esters is 1. The van der Waals surface area contributed by atoms with Crippen molar-refractivity contribution in [2.45, 2.75) is 11.3 Å². The summed E-state index contributed by atoms with van der Waals surface area (Å²) in [6, 6.07) is 2.10. The molecule has 0 heterocycles. The molecule has 6 nitrogen and oxygen atoms in total. The number of methoxy groups -OCH3 is 1. The van der Waals surface area contributed by atoms with E-state index in [1.165, 1.54) is 7.11 Å². The molecular weight excluding hydrogens is 329 g/mol. The number of carbonyl (C=O) groups is 1. The lowest BCUT2D eigenvalue weighted by Crippen LogP contribution is -2.15. The van der Waals surface area contributed by atoms with Gasteiger partial charge in [-0.3, -0.25) is 0 Å². The van der Waals surface area contributed by atoms with Gasteiger partial charge in [-0.05, 0) is 12.1 Å². The van der Waals surface area contributed by atoms with Gasteiger partial charge in [0.1, 0.15) is 0 Å². The standard InChI is InChI=1S/C11H13Cl2NO5S/c1-18-3-2-4-19-11(15)8-5-7(20(14,16)17)6-9(12)10(8)13/h5-6H,2-4H2,1H3,(H2,14,16,17). The molecule has 0 saturated heterocycles. The second kappa shape index (κ2) is 7.24. The highest BCUT2D eigenvalue weighted by atomic mass is 35.5. The maximum atomic E-state index is 11.8. The number of ether oxygens (including phenoxy) is 2. The summed E-state index contributed by atoms with van der Waals surface area (Å²) < 4.78 is 32.3. The SMILES string of the molecule is COCCCOC(=O)c1cc(S(N)(=O)=O)cc(Cl)c1Cl. The molecule has 1 aromatic carbocycles. The average molecular weight is 342 g/mol. The van der Waals surface area contributed by atoms with E-state index in [4.69, 9.17) is 37.8 Å². The Morgan fingerprint density at radius 3 is 2.50 bits per heavy atom. The molecule has 0 aliphatic carbocycles. The van der Waals surface area contributed by atoms with Crippen molar-refractivity contribution in [3.05, 3.63) is 27.7 Å². The van der Waals surface area contributed by atoms with E-state index < -0.39 is 16.0 Å². The third-order valence-electron chi connectivity index (χ3n) is 2.28. The highest BCUT2D eigenvalue weighted by Gasteiger charge is 2.20. The molecule has 0 unspecified atom stereocenters. The minimum absolute atomic E-state index is 0.0872. The van der Waals surface area contributed by atoms with Gasteiger partial charge in [-0.1, -0.05) is 23.2 Å². The van der Waals surface area contributed by atoms with Gasteiger partial charge in [0.15, 0.2) is 0 Å². The van der Waals surface area contributed by atoms with Crippen LogP contribution in [0.3, 0.4) is 0 Å². The predicted octanol–water partition coefficient (Wildman–Crippen LogP) is 1.83. The van der Waals surface area contributed by atoms with Crippen molar-refractivity contribution in [2.75, 3.05) is 20.3 Å². The Labute approximate surface area is 126 Å². The summed E-state index contributed by atoms with van der Waals surface area (Å²) in [5, 5.41) is 4.80. The molecule has 20 heavy (non-hydrogen) atoms. The van der Waals surface area contributed by atoms with Crippen LogP contribution in [0.5, 0.6) is 0 Å². The summed E-state index contributed by atoms with van der Waals surface area (Å²) in [4.78, 5) is 11.5. The fourth-order valence-corrected chi connectivity index (χ4v) is 2.36. The maximum Gasteiger partial charge on any atom is 0.339 e. The first kappa shape index (κ1) is 17.2. The van der Waals surface area contributed by atoms with Gasteiger partial charge in [-0.2, -0.15) is 0 Å². The Hall–Kier alpha value is -0.860. The minimum Gasteiger partial charge on any atom is -0.462 e. The van der Waals surface area contributed by atoms with Gasteiger partial charge in [0.05, 0.1) is 27.1 Å². The summed E-state index contributed by atoms with van der Waals surface area (Å²) in [5.74, 6) is -0.779. The van der Waals surface area contributed by atoms with Crippen molar-refractivity contribution in [3.63, 3.8) is 0 Å². The summed E-state index contributed by atoms with van der Waals surface area (Å²) in [7, 11) is -2.48. The van der Waals surface area contributed by atoms with E-state index in [2.05, 4.69) is 0 Å². The van der Waals surface area contributed by atoms with E-state index in [-0.39, 0.29) is 27.1 Å². The number of sulfonamides is 1. The zero-order valence-electron chi connectivity index (χ0n) is 10.6. The van der Waals surface area contributed by atoms with Crippen molar-refractivity contribution < 1.29 is 22.7 Å². The molecule has 9 heteroatoms. The summed E-state index contributed by atoms with van der Waals surface area (Å²) in [6.07, 6.45) is 0.502. The number of hydrogen-bond donors (Lipinski definition) is 1. The topological polar surface area (TPSA) is 95.7 Å². The number of halogens is 2. The minimum atomic E-state index is -4.00. The summed E-state index contributed by atoms with van der Waals surface area (Å²) >= 11 is 11.6. The number of rotatable bonds is 6. The lowest BCUT2D eigenvalue weighted by molar-refractivity contribution is 0.0468. The third-order valence-corrected chi connectivity index (χ3v) is 3.97. The van der Waals surface area contributed by atoms with Gasteiger partial charge in [0.2, 0.25) is 10.0 Å². The van der Waals surface area contributed by atoms with Gasteiger partial charge < -0.3 is 9.47 Å². The van der Waals surface area contributed by atoms with Crippen LogP contribution in [0.15, 0.2) is 17.0 Å². The van der Waals surface area contributed by atoms with Gasteiger partial charge in [-0.15, -0.1) is 0 Å². The van der Waals surface area contributed by atoms with Crippen LogP contribution in [-0.4, -0.2) is 34.7 Å². The first-order valence-electron chi connectivity index (χ1n) is 5.45. The van der Waals surface area contributed by atoms with Crippen LogP contribution >= 0.6 is 23.2 Å². The predicted molar refractivity (Wildman–Crippen MR) is 74.6 cm³/mol. The first-order chi connectivity index (χ1) is 9.27. The third kappa shape index (κ3) is 4.60. The molecule has 0 aliphatic rings.